The van der Waals surface area contributed by atoms with Gasteiger partial charge in [-0.2, -0.15) is 5.26 Å². The van der Waals surface area contributed by atoms with Gasteiger partial charge in [-0.15, -0.1) is 0 Å². The molecule has 1 fully saturated rings. The fourth-order valence-corrected chi connectivity index (χ4v) is 2.74. The average molecular weight is 343 g/mol. The number of nitriles is 1. The Balaban J connectivity index is 2.06. The van der Waals surface area contributed by atoms with Crippen molar-refractivity contribution in [3.63, 3.8) is 0 Å². The minimum absolute atomic E-state index is 0.0343. The average Bonchev–Trinajstić information content (AvgIpc) is 2.62. The van der Waals surface area contributed by atoms with Crippen LogP contribution in [0.2, 0.25) is 0 Å². The molecule has 0 aromatic heterocycles. The predicted molar refractivity (Wildman–Crippen MR) is 93.7 cm³/mol. The minimum Gasteiger partial charge on any atom is -0.360 e. The molecular weight excluding hydrogens is 322 g/mol. The molecule has 1 heterocycles. The first-order valence-electron chi connectivity index (χ1n) is 7.99. The van der Waals surface area contributed by atoms with Crippen LogP contribution in [0.4, 0.5) is 11.4 Å². The molecule has 0 atom stereocenters. The monoisotopic (exact) mass is 343 g/mol. The SMILES string of the molecule is CN1CCC(N(C)C(=O)/C(C#N)=C\Nc2cccc([N+](=O)[O-])c2)CC1. The molecule has 0 radical (unpaired) electrons. The zero-order valence-electron chi connectivity index (χ0n) is 14.3. The fourth-order valence-electron chi connectivity index (χ4n) is 2.74. The van der Waals surface area contributed by atoms with Gasteiger partial charge >= 0.3 is 0 Å². The maximum atomic E-state index is 12.5. The molecule has 0 spiro atoms. The van der Waals surface area contributed by atoms with Crippen molar-refractivity contribution in [1.29, 1.82) is 5.26 Å². The van der Waals surface area contributed by atoms with E-state index in [-0.39, 0.29) is 23.2 Å². The van der Waals surface area contributed by atoms with Crippen LogP contribution in [0.3, 0.4) is 0 Å². The Morgan fingerprint density at radius 2 is 2.16 bits per heavy atom. The highest BCUT2D eigenvalue weighted by molar-refractivity contribution is 5.97. The van der Waals surface area contributed by atoms with Crippen LogP contribution in [0.15, 0.2) is 36.0 Å². The molecule has 1 saturated heterocycles. The normalized spacial score (nSPS) is 16.1. The lowest BCUT2D eigenvalue weighted by Gasteiger charge is -2.34. The standard InChI is InChI=1S/C17H21N5O3/c1-20-8-6-15(7-9-20)21(2)17(23)13(11-18)12-19-14-4-3-5-16(10-14)22(24)25/h3-5,10,12,15,19H,6-9H2,1-2H3/b13-12-. The second-order valence-corrected chi connectivity index (χ2v) is 6.07. The van der Waals surface area contributed by atoms with Crippen LogP contribution in [-0.2, 0) is 4.79 Å². The van der Waals surface area contributed by atoms with Crippen LogP contribution < -0.4 is 5.32 Å². The van der Waals surface area contributed by atoms with E-state index in [0.29, 0.717) is 5.69 Å². The quantitative estimate of drug-likeness (QED) is 0.379. The minimum atomic E-state index is -0.501. The van der Waals surface area contributed by atoms with Gasteiger partial charge in [0.2, 0.25) is 0 Å². The molecule has 0 unspecified atom stereocenters. The molecular formula is C17H21N5O3. The molecule has 1 aliphatic rings. The summed E-state index contributed by atoms with van der Waals surface area (Å²) in [5.74, 6) is -0.352. The van der Waals surface area contributed by atoms with Crippen LogP contribution in [0.1, 0.15) is 12.8 Å². The number of non-ortho nitro benzene ring substituents is 1. The third-order valence-electron chi connectivity index (χ3n) is 4.35. The lowest BCUT2D eigenvalue weighted by atomic mass is 10.0. The number of rotatable bonds is 5. The van der Waals surface area contributed by atoms with Crippen molar-refractivity contribution in [3.8, 4) is 6.07 Å². The summed E-state index contributed by atoms with van der Waals surface area (Å²) in [6.45, 7) is 1.83. The van der Waals surface area contributed by atoms with Gasteiger partial charge in [-0.25, -0.2) is 0 Å². The summed E-state index contributed by atoms with van der Waals surface area (Å²) < 4.78 is 0. The highest BCUT2D eigenvalue weighted by Gasteiger charge is 2.25. The third kappa shape index (κ3) is 4.78. The van der Waals surface area contributed by atoms with E-state index in [1.807, 2.05) is 13.1 Å². The van der Waals surface area contributed by atoms with Crippen LogP contribution >= 0.6 is 0 Å². The Bertz CT molecular complexity index is 717. The summed E-state index contributed by atoms with van der Waals surface area (Å²) in [6, 6.07) is 7.89. The number of nitrogens with one attached hydrogen (secondary N) is 1. The van der Waals surface area contributed by atoms with Gasteiger partial charge in [-0.05, 0) is 39.0 Å². The number of carbonyl (C=O) groups excluding carboxylic acids is 1. The number of likely N-dealkylation sites (tertiary alicyclic amines) is 1. The second-order valence-electron chi connectivity index (χ2n) is 6.07. The molecule has 0 bridgehead atoms. The van der Waals surface area contributed by atoms with Gasteiger partial charge < -0.3 is 15.1 Å². The molecule has 2 rings (SSSR count). The number of anilines is 1. The number of nitrogens with zero attached hydrogens (tertiary/aromatic N) is 4. The Morgan fingerprint density at radius 1 is 1.48 bits per heavy atom. The smallest absolute Gasteiger partial charge is 0.271 e. The number of amides is 1. The van der Waals surface area contributed by atoms with Crippen LogP contribution in [0.25, 0.3) is 0 Å². The van der Waals surface area contributed by atoms with Crippen molar-refractivity contribution in [1.82, 2.24) is 9.80 Å². The third-order valence-corrected chi connectivity index (χ3v) is 4.35. The summed E-state index contributed by atoms with van der Waals surface area (Å²) in [4.78, 5) is 26.6. The summed E-state index contributed by atoms with van der Waals surface area (Å²) in [7, 11) is 3.75. The van der Waals surface area contributed by atoms with Crippen LogP contribution in [0, 0.1) is 21.4 Å². The number of nitro benzene ring substituents is 1. The molecule has 1 amide bonds. The molecule has 1 aliphatic heterocycles. The number of benzene rings is 1. The largest absolute Gasteiger partial charge is 0.360 e. The van der Waals surface area contributed by atoms with Crippen LogP contribution in [-0.4, -0.2) is 53.9 Å². The molecule has 1 aromatic rings. The van der Waals surface area contributed by atoms with E-state index in [9.17, 15) is 20.2 Å². The number of hydrogen-bond acceptors (Lipinski definition) is 6. The van der Waals surface area contributed by atoms with E-state index >= 15 is 0 Å². The Labute approximate surface area is 146 Å². The van der Waals surface area contributed by atoms with E-state index in [0.717, 1.165) is 25.9 Å². The molecule has 1 aromatic carbocycles. The van der Waals surface area contributed by atoms with E-state index in [2.05, 4.69) is 10.2 Å². The topological polar surface area (TPSA) is 103 Å². The van der Waals surface area contributed by atoms with Gasteiger partial charge in [0, 0.05) is 37.1 Å². The maximum Gasteiger partial charge on any atom is 0.271 e. The number of nitro groups is 1. The second kappa shape index (κ2) is 8.26. The van der Waals surface area contributed by atoms with Gasteiger partial charge in [0.05, 0.1) is 4.92 Å². The van der Waals surface area contributed by atoms with Gasteiger partial charge in [0.25, 0.3) is 11.6 Å². The summed E-state index contributed by atoms with van der Waals surface area (Å²) in [6.07, 6.45) is 3.04. The van der Waals surface area contributed by atoms with Crippen molar-refractivity contribution in [2.45, 2.75) is 18.9 Å². The van der Waals surface area contributed by atoms with Crippen molar-refractivity contribution in [2.24, 2.45) is 0 Å². The Hall–Kier alpha value is -2.92. The first-order chi connectivity index (χ1) is 11.9. The van der Waals surface area contributed by atoms with E-state index < -0.39 is 4.92 Å². The lowest BCUT2D eigenvalue weighted by Crippen LogP contribution is -2.44. The molecule has 8 heteroatoms. The predicted octanol–water partition coefficient (Wildman–Crippen LogP) is 1.97. The van der Waals surface area contributed by atoms with E-state index in [1.165, 1.54) is 24.4 Å². The fraction of sp³-hybridized carbons (Fsp3) is 0.412. The maximum absolute atomic E-state index is 12.5. The van der Waals surface area contributed by atoms with Crippen LogP contribution in [0.5, 0.6) is 0 Å². The Kier molecular flexibility index (Phi) is 6.08. The number of hydrogen-bond donors (Lipinski definition) is 1. The molecule has 132 valence electrons. The van der Waals surface area contributed by atoms with Crippen molar-refractivity contribution in [3.05, 3.63) is 46.2 Å². The molecule has 8 nitrogen and oxygen atoms in total. The van der Waals surface area contributed by atoms with Crippen molar-refractivity contribution < 1.29 is 9.72 Å². The Morgan fingerprint density at radius 3 is 2.76 bits per heavy atom. The van der Waals surface area contributed by atoms with Gasteiger partial charge in [-0.1, -0.05) is 6.07 Å². The van der Waals surface area contributed by atoms with Crippen molar-refractivity contribution in [2.75, 3.05) is 32.5 Å². The summed E-state index contributed by atoms with van der Waals surface area (Å²) in [5, 5.41) is 22.9. The molecule has 25 heavy (non-hydrogen) atoms. The van der Waals surface area contributed by atoms with Crippen molar-refractivity contribution >= 4 is 17.3 Å². The zero-order chi connectivity index (χ0) is 18.4. The number of carbonyl (C=O) groups is 1. The van der Waals surface area contributed by atoms with E-state index in [4.69, 9.17) is 0 Å². The van der Waals surface area contributed by atoms with Gasteiger partial charge in [0.1, 0.15) is 11.6 Å². The first-order valence-corrected chi connectivity index (χ1v) is 7.99. The molecule has 0 saturated carbocycles. The van der Waals surface area contributed by atoms with E-state index in [1.54, 1.807) is 18.0 Å². The highest BCUT2D eigenvalue weighted by Crippen LogP contribution is 2.18. The molecule has 0 aliphatic carbocycles. The highest BCUT2D eigenvalue weighted by atomic mass is 16.6. The van der Waals surface area contributed by atoms with Gasteiger partial charge in [0.15, 0.2) is 0 Å². The molecule has 1 N–H and O–H groups in total. The number of piperidine rings is 1. The first kappa shape index (κ1) is 18.4. The zero-order valence-corrected chi connectivity index (χ0v) is 14.3. The lowest BCUT2D eigenvalue weighted by molar-refractivity contribution is -0.384. The summed E-state index contributed by atoms with van der Waals surface area (Å²) >= 11 is 0. The van der Waals surface area contributed by atoms with Gasteiger partial charge in [-0.3, -0.25) is 14.9 Å². The number of likely N-dealkylation sites (N-methyl/N-ethyl adjacent to an activating group) is 1. The summed E-state index contributed by atoms with van der Waals surface area (Å²) in [5.41, 5.74) is 0.344.